The van der Waals surface area contributed by atoms with Crippen molar-refractivity contribution in [1.82, 2.24) is 10.2 Å². The first-order valence-corrected chi connectivity index (χ1v) is 8.87. The topological polar surface area (TPSA) is 56.1 Å². The van der Waals surface area contributed by atoms with Gasteiger partial charge in [-0.05, 0) is 30.5 Å². The smallest absolute Gasteiger partial charge is 0.263 e. The van der Waals surface area contributed by atoms with Crippen LogP contribution in [0.3, 0.4) is 0 Å². The predicted molar refractivity (Wildman–Crippen MR) is 98.4 cm³/mol. The van der Waals surface area contributed by atoms with E-state index in [-0.39, 0.29) is 11.5 Å². The minimum absolute atomic E-state index is 0.149. The maximum Gasteiger partial charge on any atom is 0.263 e. The zero-order valence-electron chi connectivity index (χ0n) is 14.5. The number of unbranched alkanes of at least 4 members (excludes halogenated alkanes) is 2. The number of nitrogens with zero attached hydrogens (tertiary/aromatic N) is 2. The Balaban J connectivity index is 2.67. The van der Waals surface area contributed by atoms with Gasteiger partial charge in [0.1, 0.15) is 11.6 Å². The lowest BCUT2D eigenvalue weighted by molar-refractivity contribution is -0.117. The van der Waals surface area contributed by atoms with Gasteiger partial charge < -0.3 is 10.2 Å². The van der Waals surface area contributed by atoms with Crippen molar-refractivity contribution in [2.24, 2.45) is 0 Å². The minimum Gasteiger partial charge on any atom is -0.376 e. The summed E-state index contributed by atoms with van der Waals surface area (Å²) in [6.07, 6.45) is 5.96. The van der Waals surface area contributed by atoms with E-state index in [0.29, 0.717) is 11.6 Å². The Morgan fingerprint density at radius 3 is 2.29 bits per heavy atom. The molecule has 0 aliphatic heterocycles. The summed E-state index contributed by atoms with van der Waals surface area (Å²) in [5.41, 5.74) is 1.09. The highest BCUT2D eigenvalue weighted by atomic mass is 35.5. The molecule has 0 saturated carbocycles. The molecule has 1 aromatic carbocycles. The van der Waals surface area contributed by atoms with Gasteiger partial charge in [-0.3, -0.25) is 4.79 Å². The molecule has 0 unspecified atom stereocenters. The van der Waals surface area contributed by atoms with E-state index < -0.39 is 0 Å². The number of halogens is 1. The molecule has 0 aromatic heterocycles. The SMILES string of the molecule is CCCCN(/C=C(/C#N)C(=O)NCc1ccc(Cl)cc1)CCCC. The Bertz CT molecular complexity index is 567. The van der Waals surface area contributed by atoms with Crippen molar-refractivity contribution in [2.75, 3.05) is 13.1 Å². The molecule has 5 heteroatoms. The largest absolute Gasteiger partial charge is 0.376 e. The molecule has 0 saturated heterocycles. The molecule has 0 aliphatic carbocycles. The Kier molecular flexibility index (Phi) is 9.64. The molecule has 1 rings (SSSR count). The Labute approximate surface area is 150 Å². The van der Waals surface area contributed by atoms with Crippen molar-refractivity contribution >= 4 is 17.5 Å². The summed E-state index contributed by atoms with van der Waals surface area (Å²) < 4.78 is 0. The van der Waals surface area contributed by atoms with Crippen LogP contribution in [0.1, 0.15) is 45.1 Å². The van der Waals surface area contributed by atoms with Crippen molar-refractivity contribution in [1.29, 1.82) is 5.26 Å². The summed E-state index contributed by atoms with van der Waals surface area (Å²) in [5.74, 6) is -0.342. The maximum absolute atomic E-state index is 12.2. The summed E-state index contributed by atoms with van der Waals surface area (Å²) in [7, 11) is 0. The van der Waals surface area contributed by atoms with Gasteiger partial charge in [0.2, 0.25) is 0 Å². The number of hydrogen-bond donors (Lipinski definition) is 1. The van der Waals surface area contributed by atoms with Gasteiger partial charge in [-0.2, -0.15) is 5.26 Å². The van der Waals surface area contributed by atoms with Crippen LogP contribution in [0.4, 0.5) is 0 Å². The molecule has 24 heavy (non-hydrogen) atoms. The number of nitriles is 1. The van der Waals surface area contributed by atoms with E-state index in [0.717, 1.165) is 44.3 Å². The van der Waals surface area contributed by atoms with E-state index in [1.54, 1.807) is 18.3 Å². The van der Waals surface area contributed by atoms with E-state index in [2.05, 4.69) is 24.1 Å². The highest BCUT2D eigenvalue weighted by Crippen LogP contribution is 2.09. The van der Waals surface area contributed by atoms with Gasteiger partial charge in [0.15, 0.2) is 0 Å². The van der Waals surface area contributed by atoms with Crippen molar-refractivity contribution in [3.8, 4) is 6.07 Å². The summed E-state index contributed by atoms with van der Waals surface area (Å²) in [5, 5.41) is 12.8. The van der Waals surface area contributed by atoms with Crippen molar-refractivity contribution < 1.29 is 4.79 Å². The Morgan fingerprint density at radius 1 is 1.21 bits per heavy atom. The van der Waals surface area contributed by atoms with E-state index in [1.165, 1.54) is 0 Å². The fraction of sp³-hybridized carbons (Fsp3) is 0.474. The molecule has 0 radical (unpaired) electrons. The number of amides is 1. The molecule has 4 nitrogen and oxygen atoms in total. The van der Waals surface area contributed by atoms with Crippen LogP contribution in [0, 0.1) is 11.3 Å². The molecule has 0 spiro atoms. The normalized spacial score (nSPS) is 11.0. The van der Waals surface area contributed by atoms with Crippen LogP contribution < -0.4 is 5.32 Å². The van der Waals surface area contributed by atoms with Crippen LogP contribution in [0.15, 0.2) is 36.0 Å². The van der Waals surface area contributed by atoms with Crippen molar-refractivity contribution in [3.05, 3.63) is 46.6 Å². The van der Waals surface area contributed by atoms with Gasteiger partial charge in [-0.15, -0.1) is 0 Å². The first-order valence-electron chi connectivity index (χ1n) is 8.49. The summed E-state index contributed by atoms with van der Waals surface area (Å²) in [4.78, 5) is 14.3. The van der Waals surface area contributed by atoms with Gasteiger partial charge in [-0.25, -0.2) is 0 Å². The number of benzene rings is 1. The average Bonchev–Trinajstić information content (AvgIpc) is 2.60. The molecule has 130 valence electrons. The quantitative estimate of drug-likeness (QED) is 0.508. The van der Waals surface area contributed by atoms with Gasteiger partial charge >= 0.3 is 0 Å². The Hall–Kier alpha value is -1.99. The summed E-state index contributed by atoms with van der Waals surface area (Å²) >= 11 is 5.84. The fourth-order valence-electron chi connectivity index (χ4n) is 2.16. The molecule has 1 N–H and O–H groups in total. The molecule has 0 bridgehead atoms. The predicted octanol–water partition coefficient (Wildman–Crippen LogP) is 4.27. The van der Waals surface area contributed by atoms with E-state index in [9.17, 15) is 10.1 Å². The number of nitrogens with one attached hydrogen (secondary N) is 1. The van der Waals surface area contributed by atoms with Crippen LogP contribution in [0.25, 0.3) is 0 Å². The van der Waals surface area contributed by atoms with Crippen LogP contribution in [0.5, 0.6) is 0 Å². The molecule has 0 aliphatic rings. The lowest BCUT2D eigenvalue weighted by Crippen LogP contribution is -2.27. The van der Waals surface area contributed by atoms with Crippen LogP contribution in [-0.4, -0.2) is 23.9 Å². The molecule has 1 aromatic rings. The molecule has 0 heterocycles. The van der Waals surface area contributed by atoms with Gasteiger partial charge in [0, 0.05) is 30.9 Å². The Morgan fingerprint density at radius 2 is 1.79 bits per heavy atom. The second-order valence-corrected chi connectivity index (χ2v) is 6.14. The number of hydrogen-bond acceptors (Lipinski definition) is 3. The first-order chi connectivity index (χ1) is 11.6. The number of carbonyl (C=O) groups is 1. The maximum atomic E-state index is 12.2. The molecular formula is C19H26ClN3O. The van der Waals surface area contributed by atoms with Crippen LogP contribution >= 0.6 is 11.6 Å². The second-order valence-electron chi connectivity index (χ2n) is 5.71. The molecule has 0 fully saturated rings. The highest BCUT2D eigenvalue weighted by molar-refractivity contribution is 6.30. The third-order valence-electron chi connectivity index (χ3n) is 3.64. The first kappa shape index (κ1) is 20.1. The van der Waals surface area contributed by atoms with E-state index in [4.69, 9.17) is 11.6 Å². The monoisotopic (exact) mass is 347 g/mol. The summed E-state index contributed by atoms with van der Waals surface area (Å²) in [6, 6.07) is 9.28. The van der Waals surface area contributed by atoms with Crippen LogP contribution in [0.2, 0.25) is 5.02 Å². The number of carbonyl (C=O) groups excluding carboxylic acids is 1. The van der Waals surface area contributed by atoms with Gasteiger partial charge in [-0.1, -0.05) is 50.4 Å². The molecule has 1 amide bonds. The lowest BCUT2D eigenvalue weighted by atomic mass is 10.2. The minimum atomic E-state index is -0.342. The third-order valence-corrected chi connectivity index (χ3v) is 3.89. The van der Waals surface area contributed by atoms with Gasteiger partial charge in [0.05, 0.1) is 0 Å². The van der Waals surface area contributed by atoms with Crippen LogP contribution in [-0.2, 0) is 11.3 Å². The standard InChI is InChI=1S/C19H26ClN3O/c1-3-5-11-23(12-6-4-2)15-17(13-21)19(24)22-14-16-7-9-18(20)10-8-16/h7-10,15H,3-6,11-12,14H2,1-2H3,(H,22,24)/b17-15-. The molecular weight excluding hydrogens is 322 g/mol. The zero-order chi connectivity index (χ0) is 17.8. The average molecular weight is 348 g/mol. The molecule has 0 atom stereocenters. The zero-order valence-corrected chi connectivity index (χ0v) is 15.3. The van der Waals surface area contributed by atoms with E-state index in [1.807, 2.05) is 18.2 Å². The van der Waals surface area contributed by atoms with Crippen molar-refractivity contribution in [3.63, 3.8) is 0 Å². The second kappa shape index (κ2) is 11.5. The highest BCUT2D eigenvalue weighted by Gasteiger charge is 2.11. The third kappa shape index (κ3) is 7.52. The van der Waals surface area contributed by atoms with Gasteiger partial charge in [0.25, 0.3) is 5.91 Å². The number of rotatable bonds is 10. The van der Waals surface area contributed by atoms with E-state index >= 15 is 0 Å². The van der Waals surface area contributed by atoms with Crippen molar-refractivity contribution in [2.45, 2.75) is 46.1 Å². The summed E-state index contributed by atoms with van der Waals surface area (Å²) in [6.45, 7) is 6.37. The fourth-order valence-corrected chi connectivity index (χ4v) is 2.29. The lowest BCUT2D eigenvalue weighted by Gasteiger charge is -2.20.